The van der Waals surface area contributed by atoms with E-state index in [0.29, 0.717) is 11.3 Å². The first-order chi connectivity index (χ1) is 10.5. The second kappa shape index (κ2) is 6.94. The minimum atomic E-state index is 0.0261. The zero-order chi connectivity index (χ0) is 16.1. The number of nitrogens with zero attached hydrogens (tertiary/aromatic N) is 2. The number of carbonyl (C=O) groups is 1. The van der Waals surface area contributed by atoms with E-state index in [1.165, 1.54) is 0 Å². The number of allylic oxidation sites excluding steroid dienone is 1. The first-order valence-corrected chi connectivity index (χ1v) is 7.26. The summed E-state index contributed by atoms with van der Waals surface area (Å²) in [4.78, 5) is 16.9. The van der Waals surface area contributed by atoms with Gasteiger partial charge >= 0.3 is 0 Å². The molecule has 2 rings (SSSR count). The van der Waals surface area contributed by atoms with Gasteiger partial charge in [-0.2, -0.15) is 0 Å². The molecule has 0 aliphatic rings. The standard InChI is InChI=1S/C19H22N2O/c1-20(2)17(15-11-7-5-8-12-15)18(21(3)4)19(22)16-13-9-6-10-14-16/h5-14H,1-4H3. The number of hydrogen-bond donors (Lipinski definition) is 0. The zero-order valence-electron chi connectivity index (χ0n) is 13.6. The molecule has 0 amide bonds. The number of hydrogen-bond acceptors (Lipinski definition) is 3. The second-order valence-corrected chi connectivity index (χ2v) is 5.55. The summed E-state index contributed by atoms with van der Waals surface area (Å²) in [7, 11) is 7.74. The lowest BCUT2D eigenvalue weighted by Gasteiger charge is -2.26. The molecule has 0 aliphatic heterocycles. The summed E-state index contributed by atoms with van der Waals surface area (Å²) >= 11 is 0. The summed E-state index contributed by atoms with van der Waals surface area (Å²) in [5.74, 6) is 0.0261. The molecule has 0 saturated carbocycles. The van der Waals surface area contributed by atoms with Gasteiger partial charge in [0.25, 0.3) is 0 Å². The SMILES string of the molecule is CN(C)C(C(=O)c1ccccc1)=C(c1ccccc1)N(C)C. The molecule has 0 N–H and O–H groups in total. The van der Waals surface area contributed by atoms with E-state index in [-0.39, 0.29) is 5.78 Å². The predicted octanol–water partition coefficient (Wildman–Crippen LogP) is 3.36. The van der Waals surface area contributed by atoms with Gasteiger partial charge in [0, 0.05) is 39.3 Å². The fourth-order valence-electron chi connectivity index (χ4n) is 2.45. The smallest absolute Gasteiger partial charge is 0.211 e. The highest BCUT2D eigenvalue weighted by molar-refractivity contribution is 6.12. The Kier molecular flexibility index (Phi) is 4.99. The summed E-state index contributed by atoms with van der Waals surface area (Å²) in [6.45, 7) is 0. The highest BCUT2D eigenvalue weighted by atomic mass is 16.1. The summed E-state index contributed by atoms with van der Waals surface area (Å²) in [6, 6.07) is 19.4. The van der Waals surface area contributed by atoms with Crippen LogP contribution in [0.5, 0.6) is 0 Å². The molecule has 0 atom stereocenters. The molecule has 0 bridgehead atoms. The van der Waals surface area contributed by atoms with Crippen LogP contribution in [0.3, 0.4) is 0 Å². The predicted molar refractivity (Wildman–Crippen MR) is 91.5 cm³/mol. The van der Waals surface area contributed by atoms with Crippen molar-refractivity contribution in [2.75, 3.05) is 28.2 Å². The molecular formula is C19H22N2O. The van der Waals surface area contributed by atoms with Crippen molar-refractivity contribution in [3.05, 3.63) is 77.5 Å². The van der Waals surface area contributed by atoms with Crippen molar-refractivity contribution in [3.63, 3.8) is 0 Å². The molecule has 0 aliphatic carbocycles. The monoisotopic (exact) mass is 294 g/mol. The van der Waals surface area contributed by atoms with Crippen molar-refractivity contribution in [1.82, 2.24) is 9.80 Å². The van der Waals surface area contributed by atoms with Crippen LogP contribution >= 0.6 is 0 Å². The van der Waals surface area contributed by atoms with E-state index >= 15 is 0 Å². The number of carbonyl (C=O) groups excluding carboxylic acids is 1. The Labute approximate surface area is 132 Å². The molecule has 0 saturated heterocycles. The third-order valence-electron chi connectivity index (χ3n) is 3.42. The molecule has 0 aromatic heterocycles. The summed E-state index contributed by atoms with van der Waals surface area (Å²) in [5, 5.41) is 0. The van der Waals surface area contributed by atoms with Gasteiger partial charge in [0.05, 0.1) is 5.70 Å². The first-order valence-electron chi connectivity index (χ1n) is 7.26. The Morgan fingerprint density at radius 2 is 1.14 bits per heavy atom. The van der Waals surface area contributed by atoms with Gasteiger partial charge in [-0.3, -0.25) is 4.79 Å². The van der Waals surface area contributed by atoms with Crippen LogP contribution in [-0.4, -0.2) is 43.8 Å². The van der Waals surface area contributed by atoms with Crippen LogP contribution < -0.4 is 0 Å². The fraction of sp³-hybridized carbons (Fsp3) is 0.211. The Balaban J connectivity index is 2.63. The highest BCUT2D eigenvalue weighted by Crippen LogP contribution is 2.25. The average Bonchev–Trinajstić information content (AvgIpc) is 2.52. The van der Waals surface area contributed by atoms with Crippen LogP contribution in [0.1, 0.15) is 15.9 Å². The van der Waals surface area contributed by atoms with Crippen molar-refractivity contribution in [2.24, 2.45) is 0 Å². The van der Waals surface area contributed by atoms with E-state index in [1.807, 2.05) is 98.7 Å². The Morgan fingerprint density at radius 3 is 1.55 bits per heavy atom. The molecule has 3 heteroatoms. The van der Waals surface area contributed by atoms with E-state index in [1.54, 1.807) is 0 Å². The van der Waals surface area contributed by atoms with Crippen LogP contribution in [0.4, 0.5) is 0 Å². The van der Waals surface area contributed by atoms with Crippen molar-refractivity contribution in [2.45, 2.75) is 0 Å². The van der Waals surface area contributed by atoms with E-state index < -0.39 is 0 Å². The van der Waals surface area contributed by atoms with Gasteiger partial charge in [0.1, 0.15) is 5.70 Å². The van der Waals surface area contributed by atoms with Crippen molar-refractivity contribution < 1.29 is 4.79 Å². The lowest BCUT2D eigenvalue weighted by Crippen LogP contribution is -2.26. The Morgan fingerprint density at radius 1 is 0.682 bits per heavy atom. The summed E-state index contributed by atoms with van der Waals surface area (Å²) < 4.78 is 0. The van der Waals surface area contributed by atoms with Crippen LogP contribution in [0.2, 0.25) is 0 Å². The van der Waals surface area contributed by atoms with E-state index in [9.17, 15) is 4.79 Å². The lowest BCUT2D eigenvalue weighted by molar-refractivity contribution is 0.100. The van der Waals surface area contributed by atoms with Gasteiger partial charge in [-0.15, -0.1) is 0 Å². The molecule has 3 nitrogen and oxygen atoms in total. The topological polar surface area (TPSA) is 23.6 Å². The number of rotatable bonds is 5. The fourth-order valence-corrected chi connectivity index (χ4v) is 2.45. The normalized spacial score (nSPS) is 11.6. The molecule has 114 valence electrons. The third kappa shape index (κ3) is 3.37. The third-order valence-corrected chi connectivity index (χ3v) is 3.42. The van der Waals surface area contributed by atoms with Crippen LogP contribution in [0.15, 0.2) is 66.4 Å². The maximum Gasteiger partial charge on any atom is 0.211 e. The molecule has 0 radical (unpaired) electrons. The van der Waals surface area contributed by atoms with Gasteiger partial charge in [-0.25, -0.2) is 0 Å². The molecule has 0 unspecified atom stereocenters. The number of benzene rings is 2. The molecule has 0 spiro atoms. The molecule has 0 fully saturated rings. The minimum absolute atomic E-state index is 0.0261. The van der Waals surface area contributed by atoms with Gasteiger partial charge in [0.15, 0.2) is 0 Å². The molecule has 2 aromatic rings. The maximum atomic E-state index is 13.0. The lowest BCUT2D eigenvalue weighted by atomic mass is 10.0. The van der Waals surface area contributed by atoms with Crippen LogP contribution in [0.25, 0.3) is 5.70 Å². The summed E-state index contributed by atoms with van der Waals surface area (Å²) in [6.07, 6.45) is 0. The van der Waals surface area contributed by atoms with Gasteiger partial charge < -0.3 is 9.80 Å². The molecule has 22 heavy (non-hydrogen) atoms. The molecule has 2 aromatic carbocycles. The Bertz CT molecular complexity index is 658. The Hall–Kier alpha value is -2.55. The van der Waals surface area contributed by atoms with E-state index in [2.05, 4.69) is 0 Å². The quantitative estimate of drug-likeness (QED) is 0.624. The zero-order valence-corrected chi connectivity index (χ0v) is 13.6. The van der Waals surface area contributed by atoms with Crippen molar-refractivity contribution >= 4 is 11.5 Å². The second-order valence-electron chi connectivity index (χ2n) is 5.55. The van der Waals surface area contributed by atoms with Crippen molar-refractivity contribution in [3.8, 4) is 0 Å². The first kappa shape index (κ1) is 15.8. The molecular weight excluding hydrogens is 272 g/mol. The maximum absolute atomic E-state index is 13.0. The highest BCUT2D eigenvalue weighted by Gasteiger charge is 2.21. The van der Waals surface area contributed by atoms with Crippen LogP contribution in [-0.2, 0) is 0 Å². The van der Waals surface area contributed by atoms with E-state index in [4.69, 9.17) is 0 Å². The summed E-state index contributed by atoms with van der Waals surface area (Å²) in [5.41, 5.74) is 3.32. The van der Waals surface area contributed by atoms with Crippen molar-refractivity contribution in [1.29, 1.82) is 0 Å². The minimum Gasteiger partial charge on any atom is -0.375 e. The van der Waals surface area contributed by atoms with Gasteiger partial charge in [-0.05, 0) is 0 Å². The van der Waals surface area contributed by atoms with Crippen LogP contribution in [0, 0.1) is 0 Å². The molecule has 0 heterocycles. The van der Waals surface area contributed by atoms with Gasteiger partial charge in [-0.1, -0.05) is 60.7 Å². The number of likely N-dealkylation sites (N-methyl/N-ethyl adjacent to an activating group) is 1. The van der Waals surface area contributed by atoms with E-state index in [0.717, 1.165) is 11.3 Å². The number of ketones is 1. The number of Topliss-reactive ketones (excluding diaryl/α,β-unsaturated/α-hetero) is 1. The van der Waals surface area contributed by atoms with Gasteiger partial charge in [0.2, 0.25) is 5.78 Å². The average molecular weight is 294 g/mol. The largest absolute Gasteiger partial charge is 0.375 e.